The lowest BCUT2D eigenvalue weighted by Crippen LogP contribution is -2.36. The fraction of sp³-hybridized carbons (Fsp3) is 0.923. The minimum atomic E-state index is 0.336. The van der Waals surface area contributed by atoms with E-state index in [4.69, 9.17) is 5.73 Å². The molecule has 3 unspecified atom stereocenters. The molecular formula is C13H24N2O. The lowest BCUT2D eigenvalue weighted by Gasteiger charge is -2.29. The highest BCUT2D eigenvalue weighted by molar-refractivity contribution is 5.77. The van der Waals surface area contributed by atoms with Crippen LogP contribution in [0, 0.1) is 5.92 Å². The summed E-state index contributed by atoms with van der Waals surface area (Å²) in [6, 6.07) is 0.798. The maximum Gasteiger partial charge on any atom is 0.223 e. The second-order valence-electron chi connectivity index (χ2n) is 5.58. The van der Waals surface area contributed by atoms with Crippen LogP contribution in [-0.4, -0.2) is 29.4 Å². The van der Waals surface area contributed by atoms with Gasteiger partial charge in [0.1, 0.15) is 0 Å². The van der Waals surface area contributed by atoms with Crippen LogP contribution in [0.2, 0.25) is 0 Å². The van der Waals surface area contributed by atoms with Crippen LogP contribution in [0.4, 0.5) is 0 Å². The molecule has 0 aromatic heterocycles. The molecule has 0 aromatic rings. The predicted molar refractivity (Wildman–Crippen MR) is 65.0 cm³/mol. The number of hydrogen-bond donors (Lipinski definition) is 1. The second-order valence-corrected chi connectivity index (χ2v) is 5.58. The summed E-state index contributed by atoms with van der Waals surface area (Å²) in [7, 11) is 0. The molecule has 0 aromatic carbocycles. The summed E-state index contributed by atoms with van der Waals surface area (Å²) in [5.41, 5.74) is 5.96. The van der Waals surface area contributed by atoms with E-state index in [9.17, 15) is 4.79 Å². The molecule has 3 nitrogen and oxygen atoms in total. The van der Waals surface area contributed by atoms with Crippen molar-refractivity contribution in [3.63, 3.8) is 0 Å². The number of carbonyl (C=O) groups excluding carboxylic acids is 1. The van der Waals surface area contributed by atoms with Gasteiger partial charge in [0.2, 0.25) is 5.91 Å². The Balaban J connectivity index is 1.82. The zero-order chi connectivity index (χ0) is 11.5. The van der Waals surface area contributed by atoms with Gasteiger partial charge in [0.15, 0.2) is 0 Å². The van der Waals surface area contributed by atoms with Gasteiger partial charge in [-0.05, 0) is 44.9 Å². The highest BCUT2D eigenvalue weighted by Gasteiger charge is 2.28. The molecule has 1 saturated carbocycles. The van der Waals surface area contributed by atoms with E-state index in [1.807, 2.05) is 0 Å². The lowest BCUT2D eigenvalue weighted by molar-refractivity contribution is -0.133. The molecule has 3 atom stereocenters. The average molecular weight is 224 g/mol. The highest BCUT2D eigenvalue weighted by atomic mass is 16.2. The highest BCUT2D eigenvalue weighted by Crippen LogP contribution is 2.28. The zero-order valence-electron chi connectivity index (χ0n) is 10.3. The van der Waals surface area contributed by atoms with Crippen molar-refractivity contribution >= 4 is 5.91 Å². The monoisotopic (exact) mass is 224 g/mol. The van der Waals surface area contributed by atoms with Crippen LogP contribution in [0.1, 0.15) is 51.9 Å². The first-order valence-electron chi connectivity index (χ1n) is 6.72. The smallest absolute Gasteiger partial charge is 0.223 e. The number of nitrogens with two attached hydrogens (primary N) is 1. The van der Waals surface area contributed by atoms with E-state index >= 15 is 0 Å². The van der Waals surface area contributed by atoms with Gasteiger partial charge >= 0.3 is 0 Å². The Bertz CT molecular complexity index is 254. The second kappa shape index (κ2) is 5.17. The SMILES string of the molecule is CC1CCCN1C(=O)CC1CCCC(N)C1. The number of amides is 1. The summed E-state index contributed by atoms with van der Waals surface area (Å²) in [6.45, 7) is 3.14. The third kappa shape index (κ3) is 2.76. The molecule has 3 heteroatoms. The summed E-state index contributed by atoms with van der Waals surface area (Å²) < 4.78 is 0. The van der Waals surface area contributed by atoms with Crippen LogP contribution in [0.25, 0.3) is 0 Å². The first-order valence-corrected chi connectivity index (χ1v) is 6.72. The Labute approximate surface area is 98.4 Å². The van der Waals surface area contributed by atoms with Crippen molar-refractivity contribution < 1.29 is 4.79 Å². The summed E-state index contributed by atoms with van der Waals surface area (Å²) in [4.78, 5) is 14.2. The van der Waals surface area contributed by atoms with Crippen molar-refractivity contribution in [1.29, 1.82) is 0 Å². The maximum atomic E-state index is 12.1. The number of likely N-dealkylation sites (tertiary alicyclic amines) is 1. The third-order valence-electron chi connectivity index (χ3n) is 4.16. The molecule has 1 amide bonds. The molecule has 1 aliphatic heterocycles. The fourth-order valence-electron chi connectivity index (χ4n) is 3.19. The largest absolute Gasteiger partial charge is 0.340 e. The first-order chi connectivity index (χ1) is 7.66. The predicted octanol–water partition coefficient (Wildman–Crippen LogP) is 1.90. The molecule has 16 heavy (non-hydrogen) atoms. The molecule has 1 heterocycles. The van der Waals surface area contributed by atoms with Gasteiger partial charge in [0.05, 0.1) is 0 Å². The topological polar surface area (TPSA) is 46.3 Å². The zero-order valence-corrected chi connectivity index (χ0v) is 10.3. The van der Waals surface area contributed by atoms with E-state index in [2.05, 4.69) is 11.8 Å². The molecule has 0 spiro atoms. The summed E-state index contributed by atoms with van der Waals surface area (Å²) in [5.74, 6) is 0.910. The minimum absolute atomic E-state index is 0.336. The Hall–Kier alpha value is -0.570. The molecule has 2 rings (SSSR count). The molecule has 92 valence electrons. The molecule has 1 aliphatic carbocycles. The molecule has 2 N–H and O–H groups in total. The van der Waals surface area contributed by atoms with Gasteiger partial charge in [-0.3, -0.25) is 4.79 Å². The lowest BCUT2D eigenvalue weighted by atomic mass is 9.84. The van der Waals surface area contributed by atoms with E-state index in [0.29, 0.717) is 23.9 Å². The van der Waals surface area contributed by atoms with Gasteiger partial charge in [-0.2, -0.15) is 0 Å². The van der Waals surface area contributed by atoms with Gasteiger partial charge in [-0.25, -0.2) is 0 Å². The van der Waals surface area contributed by atoms with Crippen LogP contribution in [0.5, 0.6) is 0 Å². The third-order valence-corrected chi connectivity index (χ3v) is 4.16. The van der Waals surface area contributed by atoms with Gasteiger partial charge in [-0.15, -0.1) is 0 Å². The minimum Gasteiger partial charge on any atom is -0.340 e. The van der Waals surface area contributed by atoms with Crippen molar-refractivity contribution in [1.82, 2.24) is 4.90 Å². The van der Waals surface area contributed by atoms with Crippen molar-refractivity contribution in [2.75, 3.05) is 6.54 Å². The quantitative estimate of drug-likeness (QED) is 0.778. The number of rotatable bonds is 2. The summed E-state index contributed by atoms with van der Waals surface area (Å²) in [6.07, 6.45) is 7.68. The maximum absolute atomic E-state index is 12.1. The number of nitrogens with zero attached hydrogens (tertiary/aromatic N) is 1. The van der Waals surface area contributed by atoms with E-state index in [0.717, 1.165) is 25.8 Å². The summed E-state index contributed by atoms with van der Waals surface area (Å²) >= 11 is 0. The molecule has 2 fully saturated rings. The number of carbonyl (C=O) groups is 1. The summed E-state index contributed by atoms with van der Waals surface area (Å²) in [5, 5.41) is 0. The number of hydrogen-bond acceptors (Lipinski definition) is 2. The van der Waals surface area contributed by atoms with Gasteiger partial charge in [0.25, 0.3) is 0 Å². The Morgan fingerprint density at radius 2 is 2.12 bits per heavy atom. The normalized spacial score (nSPS) is 35.4. The van der Waals surface area contributed by atoms with Crippen molar-refractivity contribution in [2.24, 2.45) is 11.7 Å². The van der Waals surface area contributed by atoms with E-state index in [1.165, 1.54) is 25.7 Å². The molecule has 0 radical (unpaired) electrons. The van der Waals surface area contributed by atoms with Gasteiger partial charge in [0, 0.05) is 25.0 Å². The van der Waals surface area contributed by atoms with Crippen molar-refractivity contribution in [3.8, 4) is 0 Å². The van der Waals surface area contributed by atoms with E-state index in [-0.39, 0.29) is 0 Å². The first kappa shape index (κ1) is 11.9. The molecule has 0 bridgehead atoms. The van der Waals surface area contributed by atoms with Crippen LogP contribution < -0.4 is 5.73 Å². The molecule has 1 saturated heterocycles. The Morgan fingerprint density at radius 3 is 2.75 bits per heavy atom. The van der Waals surface area contributed by atoms with Crippen molar-refractivity contribution in [3.05, 3.63) is 0 Å². The van der Waals surface area contributed by atoms with Crippen molar-refractivity contribution in [2.45, 2.75) is 64.0 Å². The van der Waals surface area contributed by atoms with Crippen LogP contribution >= 0.6 is 0 Å². The Kier molecular flexibility index (Phi) is 3.85. The Morgan fingerprint density at radius 1 is 1.31 bits per heavy atom. The van der Waals surface area contributed by atoms with Crippen LogP contribution in [0.3, 0.4) is 0 Å². The van der Waals surface area contributed by atoms with Gasteiger partial charge < -0.3 is 10.6 Å². The van der Waals surface area contributed by atoms with E-state index < -0.39 is 0 Å². The standard InChI is InChI=1S/C13H24N2O/c1-10-4-3-7-15(10)13(16)9-11-5-2-6-12(14)8-11/h10-12H,2-9,14H2,1H3. The van der Waals surface area contributed by atoms with Crippen LogP contribution in [-0.2, 0) is 4.79 Å². The van der Waals surface area contributed by atoms with E-state index in [1.54, 1.807) is 0 Å². The van der Waals surface area contributed by atoms with Crippen LogP contribution in [0.15, 0.2) is 0 Å². The fourth-order valence-corrected chi connectivity index (χ4v) is 3.19. The molecular weight excluding hydrogens is 200 g/mol. The van der Waals surface area contributed by atoms with Gasteiger partial charge in [-0.1, -0.05) is 6.42 Å². The molecule has 2 aliphatic rings. The average Bonchev–Trinajstić information content (AvgIpc) is 2.64.